The van der Waals surface area contributed by atoms with Gasteiger partial charge in [-0.1, -0.05) is 25.1 Å². The molecule has 1 aromatic carbocycles. The minimum Gasteiger partial charge on any atom is -0.481 e. The topological polar surface area (TPSA) is 49.7 Å². The van der Waals surface area contributed by atoms with Crippen LogP contribution in [-0.4, -0.2) is 16.8 Å². The summed E-state index contributed by atoms with van der Waals surface area (Å²) in [5, 5.41) is 8.94. The summed E-state index contributed by atoms with van der Waals surface area (Å²) in [6.07, 6.45) is 0.567. The maximum absolute atomic E-state index is 10.9. The molecule has 80 valence electrons. The van der Waals surface area contributed by atoms with Gasteiger partial charge in [-0.25, -0.2) is 0 Å². The van der Waals surface area contributed by atoms with Crippen molar-refractivity contribution in [2.75, 3.05) is 0 Å². The Kier molecular flexibility index (Phi) is 4.03. The summed E-state index contributed by atoms with van der Waals surface area (Å²) in [6.45, 7) is 3.61. The molecule has 1 rings (SSSR count). The lowest BCUT2D eigenvalue weighted by Gasteiger charge is -2.08. The molecule has 0 saturated carbocycles. The van der Waals surface area contributed by atoms with Gasteiger partial charge in [-0.2, -0.15) is 0 Å². The van der Waals surface area contributed by atoms with E-state index in [1.165, 1.54) is 0 Å². The van der Waals surface area contributed by atoms with Gasteiger partial charge in [0.2, 0.25) is 0 Å². The first-order valence-electron chi connectivity index (χ1n) is 4.98. The molecule has 0 aliphatic rings. The lowest BCUT2D eigenvalue weighted by Crippen LogP contribution is -2.20. The second-order valence-electron chi connectivity index (χ2n) is 3.39. The number of hydrogen-bond donors (Lipinski definition) is 1. The third-order valence-corrected chi connectivity index (χ3v) is 2.27. The number of para-hydroxylation sites is 1. The van der Waals surface area contributed by atoms with Gasteiger partial charge in [0.25, 0.3) is 0 Å². The van der Waals surface area contributed by atoms with Crippen LogP contribution < -0.4 is 0 Å². The molecular formula is C12H15NO2. The van der Waals surface area contributed by atoms with E-state index in [4.69, 9.17) is 5.11 Å². The van der Waals surface area contributed by atoms with Crippen LogP contribution in [-0.2, 0) is 4.79 Å². The van der Waals surface area contributed by atoms with E-state index < -0.39 is 11.9 Å². The summed E-state index contributed by atoms with van der Waals surface area (Å²) in [4.78, 5) is 15.2. The van der Waals surface area contributed by atoms with Crippen molar-refractivity contribution >= 4 is 17.4 Å². The minimum absolute atomic E-state index is 0.481. The summed E-state index contributed by atoms with van der Waals surface area (Å²) in [7, 11) is 0. The van der Waals surface area contributed by atoms with Crippen LogP contribution in [0.4, 0.5) is 5.69 Å². The lowest BCUT2D eigenvalue weighted by atomic mass is 10.0. The number of hydrogen-bond acceptors (Lipinski definition) is 2. The molecule has 0 aliphatic heterocycles. The molecule has 0 spiro atoms. The Balaban J connectivity index is 2.88. The molecule has 3 nitrogen and oxygen atoms in total. The van der Waals surface area contributed by atoms with Gasteiger partial charge in [0, 0.05) is 5.71 Å². The standard InChI is InChI=1S/C12H15NO2/c1-3-11(12(14)15)9(2)13-10-7-5-4-6-8-10/h4-8,11H,3H2,1-2H3,(H,14,15). The van der Waals surface area contributed by atoms with E-state index in [9.17, 15) is 4.79 Å². The molecule has 0 heterocycles. The first kappa shape index (κ1) is 11.4. The average molecular weight is 205 g/mol. The molecule has 1 N–H and O–H groups in total. The van der Waals surface area contributed by atoms with Crippen LogP contribution in [0.1, 0.15) is 20.3 Å². The second kappa shape index (κ2) is 5.29. The Morgan fingerprint density at radius 3 is 2.47 bits per heavy atom. The highest BCUT2D eigenvalue weighted by molar-refractivity contribution is 6.01. The summed E-state index contributed by atoms with van der Waals surface area (Å²) in [5.74, 6) is -1.29. The fraction of sp³-hybridized carbons (Fsp3) is 0.333. The number of carboxylic acid groups (broad SMARTS) is 1. The van der Waals surface area contributed by atoms with Crippen molar-refractivity contribution in [2.45, 2.75) is 20.3 Å². The Labute approximate surface area is 89.5 Å². The molecule has 0 aromatic heterocycles. The highest BCUT2D eigenvalue weighted by Crippen LogP contribution is 2.14. The maximum atomic E-state index is 10.9. The first-order chi connectivity index (χ1) is 7.15. The molecule has 0 radical (unpaired) electrons. The summed E-state index contributed by atoms with van der Waals surface area (Å²) < 4.78 is 0. The fourth-order valence-corrected chi connectivity index (χ4v) is 1.43. The zero-order valence-electron chi connectivity index (χ0n) is 8.97. The van der Waals surface area contributed by atoms with Gasteiger partial charge in [-0.3, -0.25) is 9.79 Å². The van der Waals surface area contributed by atoms with Crippen LogP contribution in [0.25, 0.3) is 0 Å². The quantitative estimate of drug-likeness (QED) is 0.768. The van der Waals surface area contributed by atoms with Crippen LogP contribution in [0.3, 0.4) is 0 Å². The van der Waals surface area contributed by atoms with Crippen LogP contribution >= 0.6 is 0 Å². The van der Waals surface area contributed by atoms with Crippen molar-refractivity contribution in [1.82, 2.24) is 0 Å². The van der Waals surface area contributed by atoms with Gasteiger partial charge < -0.3 is 5.11 Å². The summed E-state index contributed by atoms with van der Waals surface area (Å²) in [5.41, 5.74) is 1.45. The zero-order chi connectivity index (χ0) is 11.3. The molecule has 15 heavy (non-hydrogen) atoms. The van der Waals surface area contributed by atoms with Crippen molar-refractivity contribution in [3.63, 3.8) is 0 Å². The van der Waals surface area contributed by atoms with E-state index in [0.717, 1.165) is 5.69 Å². The Morgan fingerprint density at radius 2 is 2.00 bits per heavy atom. The molecule has 0 amide bonds. The predicted octanol–water partition coefficient (Wildman–Crippen LogP) is 2.89. The number of carboxylic acids is 1. The Hall–Kier alpha value is -1.64. The number of carbonyl (C=O) groups is 1. The normalized spacial score (nSPS) is 13.6. The van der Waals surface area contributed by atoms with Gasteiger partial charge >= 0.3 is 5.97 Å². The van der Waals surface area contributed by atoms with E-state index in [0.29, 0.717) is 12.1 Å². The highest BCUT2D eigenvalue weighted by Gasteiger charge is 2.17. The van der Waals surface area contributed by atoms with E-state index >= 15 is 0 Å². The lowest BCUT2D eigenvalue weighted by molar-refractivity contribution is -0.139. The van der Waals surface area contributed by atoms with Crippen LogP contribution in [0.15, 0.2) is 35.3 Å². The van der Waals surface area contributed by atoms with Crippen molar-refractivity contribution < 1.29 is 9.90 Å². The number of aliphatic imine (C=N–C) groups is 1. The summed E-state index contributed by atoms with van der Waals surface area (Å²) >= 11 is 0. The molecule has 0 fully saturated rings. The van der Waals surface area contributed by atoms with Crippen LogP contribution in [0.5, 0.6) is 0 Å². The van der Waals surface area contributed by atoms with Crippen molar-refractivity contribution in [3.8, 4) is 0 Å². The molecule has 1 unspecified atom stereocenters. The van der Waals surface area contributed by atoms with Crippen LogP contribution in [0.2, 0.25) is 0 Å². The second-order valence-corrected chi connectivity index (χ2v) is 3.39. The molecule has 3 heteroatoms. The average Bonchev–Trinajstić information content (AvgIpc) is 2.19. The van der Waals surface area contributed by atoms with E-state index in [-0.39, 0.29) is 0 Å². The smallest absolute Gasteiger partial charge is 0.312 e. The monoisotopic (exact) mass is 205 g/mol. The SMILES string of the molecule is CCC(C(=O)O)C(C)=Nc1ccccc1. The van der Waals surface area contributed by atoms with Gasteiger partial charge in [0.1, 0.15) is 0 Å². The van der Waals surface area contributed by atoms with Gasteiger partial charge in [0.15, 0.2) is 0 Å². The fourth-order valence-electron chi connectivity index (χ4n) is 1.43. The van der Waals surface area contributed by atoms with E-state index in [2.05, 4.69) is 4.99 Å². The number of rotatable bonds is 4. The predicted molar refractivity (Wildman–Crippen MR) is 60.6 cm³/mol. The number of nitrogens with zero attached hydrogens (tertiary/aromatic N) is 1. The summed E-state index contributed by atoms with van der Waals surface area (Å²) in [6, 6.07) is 9.39. The van der Waals surface area contributed by atoms with Crippen molar-refractivity contribution in [3.05, 3.63) is 30.3 Å². The van der Waals surface area contributed by atoms with E-state index in [1.807, 2.05) is 37.3 Å². The van der Waals surface area contributed by atoms with Crippen LogP contribution in [0, 0.1) is 5.92 Å². The third-order valence-electron chi connectivity index (χ3n) is 2.27. The zero-order valence-corrected chi connectivity index (χ0v) is 8.97. The Morgan fingerprint density at radius 1 is 1.40 bits per heavy atom. The largest absolute Gasteiger partial charge is 0.481 e. The third kappa shape index (κ3) is 3.20. The molecular weight excluding hydrogens is 190 g/mol. The Bertz CT molecular complexity index is 357. The van der Waals surface area contributed by atoms with Crippen molar-refractivity contribution in [1.29, 1.82) is 0 Å². The number of benzene rings is 1. The molecule has 0 aliphatic carbocycles. The maximum Gasteiger partial charge on any atom is 0.312 e. The van der Waals surface area contributed by atoms with Gasteiger partial charge in [-0.05, 0) is 25.5 Å². The molecule has 1 aromatic rings. The highest BCUT2D eigenvalue weighted by atomic mass is 16.4. The minimum atomic E-state index is -0.810. The molecule has 1 atom stereocenters. The number of aliphatic carboxylic acids is 1. The molecule has 0 bridgehead atoms. The van der Waals surface area contributed by atoms with E-state index in [1.54, 1.807) is 6.92 Å². The van der Waals surface area contributed by atoms with Gasteiger partial charge in [0.05, 0.1) is 11.6 Å². The molecule has 0 saturated heterocycles. The van der Waals surface area contributed by atoms with Crippen molar-refractivity contribution in [2.24, 2.45) is 10.9 Å². The van der Waals surface area contributed by atoms with Gasteiger partial charge in [-0.15, -0.1) is 0 Å². The first-order valence-corrected chi connectivity index (χ1v) is 4.98.